The average Bonchev–Trinajstić information content (AvgIpc) is 3.35. The number of likely N-dealkylation sites (N-methyl/N-ethyl adjacent to an activating group) is 1. The van der Waals surface area contributed by atoms with Crippen molar-refractivity contribution in [2.45, 2.75) is 39.5 Å². The minimum absolute atomic E-state index is 0.00528. The standard InChI is InChI=1S/C35H42N6O5/c1-34(2)14-27(34)33(45)40-22-35(23-40)21-39(32(44)26-15-37-41(17-26)16-24-10-6-4-7-11-24)18-28(35)30(42)38-29(31(43)36-3)20-46-19-25-12-8-5-9-13-25/h4-13,15,17,27-29H,14,16,18-23H2,1-3H3,(H,36,43)(H,38,42)/t27?,28?,29-/m0/s1. The fourth-order valence-corrected chi connectivity index (χ4v) is 6.80. The summed E-state index contributed by atoms with van der Waals surface area (Å²) >= 11 is 0. The zero-order valence-electron chi connectivity index (χ0n) is 26.6. The molecule has 1 aliphatic carbocycles. The Morgan fingerprint density at radius 2 is 1.57 bits per heavy atom. The molecule has 3 heterocycles. The maximum absolute atomic E-state index is 14.0. The molecule has 4 amide bonds. The maximum Gasteiger partial charge on any atom is 0.257 e. The van der Waals surface area contributed by atoms with Crippen LogP contribution in [0.2, 0.25) is 0 Å². The normalized spacial score (nSPS) is 21.4. The van der Waals surface area contributed by atoms with E-state index in [4.69, 9.17) is 4.74 Å². The van der Waals surface area contributed by atoms with Crippen LogP contribution in [-0.4, -0.2) is 89.1 Å². The molecule has 3 aliphatic rings. The van der Waals surface area contributed by atoms with E-state index in [1.807, 2.05) is 65.6 Å². The Morgan fingerprint density at radius 3 is 2.20 bits per heavy atom. The zero-order valence-corrected chi connectivity index (χ0v) is 26.6. The number of carbonyl (C=O) groups is 4. The number of benzene rings is 2. The second kappa shape index (κ2) is 12.7. The second-order valence-corrected chi connectivity index (χ2v) is 13.6. The van der Waals surface area contributed by atoms with Gasteiger partial charge in [-0.05, 0) is 23.0 Å². The molecule has 3 atom stereocenters. The van der Waals surface area contributed by atoms with E-state index in [9.17, 15) is 19.2 Å². The molecule has 2 unspecified atom stereocenters. The van der Waals surface area contributed by atoms with Gasteiger partial charge in [-0.2, -0.15) is 5.10 Å². The molecule has 3 fully saturated rings. The largest absolute Gasteiger partial charge is 0.374 e. The van der Waals surface area contributed by atoms with Crippen molar-refractivity contribution in [2.24, 2.45) is 22.7 Å². The number of rotatable bonds is 11. The van der Waals surface area contributed by atoms with Gasteiger partial charge >= 0.3 is 0 Å². The molecule has 2 N–H and O–H groups in total. The fraction of sp³-hybridized carbons (Fsp3) is 0.457. The number of amides is 4. The first kappa shape index (κ1) is 31.5. The zero-order chi connectivity index (χ0) is 32.5. The van der Waals surface area contributed by atoms with Gasteiger partial charge in [0.2, 0.25) is 17.7 Å². The van der Waals surface area contributed by atoms with Gasteiger partial charge in [-0.1, -0.05) is 74.5 Å². The summed E-state index contributed by atoms with van der Waals surface area (Å²) in [4.78, 5) is 57.2. The number of aromatic nitrogens is 2. The quantitative estimate of drug-likeness (QED) is 0.337. The molecular weight excluding hydrogens is 584 g/mol. The van der Waals surface area contributed by atoms with Gasteiger partial charge in [0, 0.05) is 50.8 Å². The molecule has 11 nitrogen and oxygen atoms in total. The summed E-state index contributed by atoms with van der Waals surface area (Å²) in [6.07, 6.45) is 4.14. The van der Waals surface area contributed by atoms with Crippen LogP contribution in [0.5, 0.6) is 0 Å². The molecule has 1 spiro atoms. The first-order chi connectivity index (χ1) is 22.1. The van der Waals surface area contributed by atoms with Gasteiger partial charge in [0.15, 0.2) is 0 Å². The van der Waals surface area contributed by atoms with Crippen LogP contribution in [-0.2, 0) is 32.3 Å². The van der Waals surface area contributed by atoms with Gasteiger partial charge in [-0.25, -0.2) is 0 Å². The molecule has 1 saturated carbocycles. The monoisotopic (exact) mass is 626 g/mol. The Hall–Kier alpha value is -4.51. The Balaban J connectivity index is 1.16. The molecule has 2 saturated heterocycles. The lowest BCUT2D eigenvalue weighted by atomic mass is 9.70. The van der Waals surface area contributed by atoms with Crippen molar-refractivity contribution in [3.8, 4) is 0 Å². The number of nitrogens with zero attached hydrogens (tertiary/aromatic N) is 4. The van der Waals surface area contributed by atoms with Crippen LogP contribution in [0.15, 0.2) is 73.1 Å². The van der Waals surface area contributed by atoms with Crippen molar-refractivity contribution >= 4 is 23.6 Å². The molecule has 2 aromatic carbocycles. The van der Waals surface area contributed by atoms with Crippen molar-refractivity contribution < 1.29 is 23.9 Å². The molecule has 1 aromatic heterocycles. The smallest absolute Gasteiger partial charge is 0.257 e. The predicted molar refractivity (Wildman–Crippen MR) is 170 cm³/mol. The van der Waals surface area contributed by atoms with Gasteiger partial charge in [-0.3, -0.25) is 23.9 Å². The van der Waals surface area contributed by atoms with Crippen molar-refractivity contribution in [1.82, 2.24) is 30.2 Å². The Labute approximate surface area is 269 Å². The topological polar surface area (TPSA) is 126 Å². The number of nitrogens with one attached hydrogen (secondary N) is 2. The molecular formula is C35H42N6O5. The van der Waals surface area contributed by atoms with E-state index >= 15 is 0 Å². The van der Waals surface area contributed by atoms with Crippen molar-refractivity contribution in [3.63, 3.8) is 0 Å². The van der Waals surface area contributed by atoms with Crippen LogP contribution in [0.25, 0.3) is 0 Å². The van der Waals surface area contributed by atoms with E-state index in [0.29, 0.717) is 38.3 Å². The molecule has 11 heteroatoms. The summed E-state index contributed by atoms with van der Waals surface area (Å²) < 4.78 is 7.55. The lowest BCUT2D eigenvalue weighted by molar-refractivity contribution is -0.152. The van der Waals surface area contributed by atoms with Crippen LogP contribution >= 0.6 is 0 Å². The van der Waals surface area contributed by atoms with E-state index in [0.717, 1.165) is 17.5 Å². The van der Waals surface area contributed by atoms with Crippen LogP contribution in [0.4, 0.5) is 0 Å². The van der Waals surface area contributed by atoms with Gasteiger partial charge in [0.1, 0.15) is 6.04 Å². The summed E-state index contributed by atoms with van der Waals surface area (Å²) in [6, 6.07) is 18.6. The molecule has 242 valence electrons. The summed E-state index contributed by atoms with van der Waals surface area (Å²) in [6.45, 7) is 6.30. The number of carbonyl (C=O) groups excluding carboxylic acids is 4. The number of likely N-dealkylation sites (tertiary alicyclic amines) is 2. The number of ether oxygens (including phenoxy) is 1. The summed E-state index contributed by atoms with van der Waals surface area (Å²) in [5.41, 5.74) is 1.86. The minimum Gasteiger partial charge on any atom is -0.374 e. The third-order valence-corrected chi connectivity index (χ3v) is 9.73. The van der Waals surface area contributed by atoms with Gasteiger partial charge < -0.3 is 25.2 Å². The van der Waals surface area contributed by atoms with Gasteiger partial charge in [0.25, 0.3) is 5.91 Å². The summed E-state index contributed by atoms with van der Waals surface area (Å²) in [7, 11) is 1.52. The van der Waals surface area contributed by atoms with Crippen molar-refractivity contribution in [3.05, 3.63) is 89.7 Å². The fourth-order valence-electron chi connectivity index (χ4n) is 6.80. The lowest BCUT2D eigenvalue weighted by Gasteiger charge is -2.50. The molecule has 0 bridgehead atoms. The van der Waals surface area contributed by atoms with Crippen LogP contribution in [0.3, 0.4) is 0 Å². The molecule has 2 aliphatic heterocycles. The summed E-state index contributed by atoms with van der Waals surface area (Å²) in [5.74, 6) is -1.41. The average molecular weight is 627 g/mol. The summed E-state index contributed by atoms with van der Waals surface area (Å²) in [5, 5.41) is 9.92. The van der Waals surface area contributed by atoms with E-state index in [1.54, 1.807) is 22.0 Å². The minimum atomic E-state index is -0.913. The van der Waals surface area contributed by atoms with E-state index in [1.165, 1.54) is 7.05 Å². The Bertz CT molecular complexity index is 1580. The van der Waals surface area contributed by atoms with Crippen LogP contribution < -0.4 is 10.6 Å². The molecule has 0 radical (unpaired) electrons. The highest BCUT2D eigenvalue weighted by molar-refractivity contribution is 5.95. The first-order valence-corrected chi connectivity index (χ1v) is 15.9. The van der Waals surface area contributed by atoms with Crippen LogP contribution in [0, 0.1) is 22.7 Å². The second-order valence-electron chi connectivity index (χ2n) is 13.6. The predicted octanol–water partition coefficient (Wildman–Crippen LogP) is 2.33. The van der Waals surface area contributed by atoms with E-state index in [2.05, 4.69) is 29.6 Å². The lowest BCUT2D eigenvalue weighted by Crippen LogP contribution is -2.65. The van der Waals surface area contributed by atoms with Gasteiger partial charge in [0.05, 0.1) is 37.4 Å². The van der Waals surface area contributed by atoms with Crippen molar-refractivity contribution in [1.29, 1.82) is 0 Å². The molecule has 3 aromatic rings. The Morgan fingerprint density at radius 1 is 0.935 bits per heavy atom. The molecule has 46 heavy (non-hydrogen) atoms. The van der Waals surface area contributed by atoms with E-state index < -0.39 is 17.4 Å². The third kappa shape index (κ3) is 6.55. The maximum atomic E-state index is 14.0. The highest BCUT2D eigenvalue weighted by atomic mass is 16.5. The van der Waals surface area contributed by atoms with E-state index in [-0.39, 0.29) is 48.1 Å². The SMILES string of the molecule is CNC(=O)[C@H](COCc1ccccc1)NC(=O)C1CN(C(=O)c2cnn(Cc3ccccc3)c2)CC12CN(C(=O)C1CC1(C)C)C2. The number of hydrogen-bond acceptors (Lipinski definition) is 6. The highest BCUT2D eigenvalue weighted by Gasteiger charge is 2.62. The van der Waals surface area contributed by atoms with Crippen molar-refractivity contribution in [2.75, 3.05) is 39.8 Å². The Kier molecular flexibility index (Phi) is 8.69. The number of hydrogen-bond donors (Lipinski definition) is 2. The first-order valence-electron chi connectivity index (χ1n) is 15.9. The van der Waals surface area contributed by atoms with Gasteiger partial charge in [-0.15, -0.1) is 0 Å². The molecule has 6 rings (SSSR count). The highest BCUT2D eigenvalue weighted by Crippen LogP contribution is 2.54. The third-order valence-electron chi connectivity index (χ3n) is 9.73. The van der Waals surface area contributed by atoms with Crippen LogP contribution in [0.1, 0.15) is 41.8 Å².